The van der Waals surface area contributed by atoms with Crippen LogP contribution in [0.5, 0.6) is 0 Å². The Morgan fingerprint density at radius 1 is 1.17 bits per heavy atom. The Bertz CT molecular complexity index is 1050. The van der Waals surface area contributed by atoms with Gasteiger partial charge >= 0.3 is 0 Å². The van der Waals surface area contributed by atoms with E-state index in [1.54, 1.807) is 36.5 Å². The van der Waals surface area contributed by atoms with Gasteiger partial charge in [0, 0.05) is 29.0 Å². The molecule has 1 amide bonds. The van der Waals surface area contributed by atoms with Crippen LogP contribution in [0.4, 0.5) is 5.69 Å². The number of carbonyl (C=O) groups is 1. The number of nitrogens with one attached hydrogen (secondary N) is 1. The van der Waals surface area contributed by atoms with Crippen LogP contribution < -0.4 is 5.32 Å². The van der Waals surface area contributed by atoms with E-state index in [0.717, 1.165) is 16.8 Å². The molecule has 1 atom stereocenters. The molecule has 8 heteroatoms. The van der Waals surface area contributed by atoms with Gasteiger partial charge in [-0.3, -0.25) is 4.79 Å². The van der Waals surface area contributed by atoms with Gasteiger partial charge in [-0.15, -0.1) is 0 Å². The predicted molar refractivity (Wildman–Crippen MR) is 116 cm³/mol. The van der Waals surface area contributed by atoms with Crippen molar-refractivity contribution >= 4 is 34.3 Å². The Hall–Kier alpha value is -2.45. The average Bonchev–Trinajstić information content (AvgIpc) is 3.00. The van der Waals surface area contributed by atoms with Crippen LogP contribution in [0.25, 0.3) is 11.3 Å². The molecule has 3 N–H and O–H groups in total. The molecule has 0 radical (unpaired) electrons. The smallest absolute Gasteiger partial charge is 0.257 e. The Kier molecular flexibility index (Phi) is 6.87. The first-order chi connectivity index (χ1) is 13.9. The standard InChI is InChI=1S/C21H21ClN2O4S/c1-14-18(21(26)23-16-8-6-15(7-9-16)13-29(27)28)12-24(10-11-25)20(14)17-4-2-3-5-19(17)22/h2-9,12,25H,10-11,13H2,1H3,(H,23,26)(H,27,28). The third-order valence-electron chi connectivity index (χ3n) is 4.55. The highest BCUT2D eigenvalue weighted by molar-refractivity contribution is 7.78. The number of halogens is 1. The number of aromatic nitrogens is 1. The van der Waals surface area contributed by atoms with Crippen molar-refractivity contribution in [2.45, 2.75) is 19.2 Å². The van der Waals surface area contributed by atoms with Crippen molar-refractivity contribution in [2.75, 3.05) is 11.9 Å². The van der Waals surface area contributed by atoms with Crippen molar-refractivity contribution in [3.63, 3.8) is 0 Å². The van der Waals surface area contributed by atoms with Crippen LogP contribution in [0.2, 0.25) is 5.02 Å². The van der Waals surface area contributed by atoms with E-state index in [1.807, 2.05) is 29.7 Å². The van der Waals surface area contributed by atoms with Gasteiger partial charge in [0.1, 0.15) is 0 Å². The summed E-state index contributed by atoms with van der Waals surface area (Å²) >= 11 is 4.45. The highest BCUT2D eigenvalue weighted by atomic mass is 35.5. The lowest BCUT2D eigenvalue weighted by Crippen LogP contribution is -2.12. The summed E-state index contributed by atoms with van der Waals surface area (Å²) in [7, 11) is 0. The second-order valence-electron chi connectivity index (χ2n) is 6.53. The summed E-state index contributed by atoms with van der Waals surface area (Å²) in [6, 6.07) is 14.1. The maximum absolute atomic E-state index is 12.9. The van der Waals surface area contributed by atoms with E-state index in [2.05, 4.69) is 5.32 Å². The highest BCUT2D eigenvalue weighted by Crippen LogP contribution is 2.33. The maximum atomic E-state index is 12.9. The molecule has 1 heterocycles. The van der Waals surface area contributed by atoms with E-state index in [1.165, 1.54) is 0 Å². The van der Waals surface area contributed by atoms with E-state index in [0.29, 0.717) is 28.4 Å². The monoisotopic (exact) mass is 432 g/mol. The molecule has 0 spiro atoms. The van der Waals surface area contributed by atoms with Crippen LogP contribution >= 0.6 is 11.6 Å². The second kappa shape index (κ2) is 9.37. The molecule has 6 nitrogen and oxygen atoms in total. The molecule has 0 aliphatic carbocycles. The molecule has 152 valence electrons. The maximum Gasteiger partial charge on any atom is 0.257 e. The number of aliphatic hydroxyl groups is 1. The van der Waals surface area contributed by atoms with E-state index >= 15 is 0 Å². The number of amides is 1. The number of aliphatic hydroxyl groups excluding tert-OH is 1. The molecule has 0 aliphatic rings. The van der Waals surface area contributed by atoms with E-state index in [9.17, 15) is 14.1 Å². The van der Waals surface area contributed by atoms with Gasteiger partial charge in [0.15, 0.2) is 11.1 Å². The van der Waals surface area contributed by atoms with Crippen LogP contribution in [0, 0.1) is 6.92 Å². The first-order valence-corrected chi connectivity index (χ1v) is 10.6. The van der Waals surface area contributed by atoms with Crippen LogP contribution in [-0.4, -0.2) is 30.9 Å². The largest absolute Gasteiger partial charge is 0.395 e. The summed E-state index contributed by atoms with van der Waals surface area (Å²) in [6.07, 6.45) is 1.71. The van der Waals surface area contributed by atoms with Gasteiger partial charge in [-0.25, -0.2) is 4.21 Å². The van der Waals surface area contributed by atoms with Crippen LogP contribution in [0.3, 0.4) is 0 Å². The van der Waals surface area contributed by atoms with Gasteiger partial charge in [0.2, 0.25) is 0 Å². The van der Waals surface area contributed by atoms with Crippen molar-refractivity contribution in [1.82, 2.24) is 4.57 Å². The molecule has 0 saturated carbocycles. The van der Waals surface area contributed by atoms with Gasteiger partial charge in [-0.05, 0) is 36.2 Å². The predicted octanol–water partition coefficient (Wildman–Crippen LogP) is 4.08. The molecule has 0 saturated heterocycles. The number of hydrogen-bond donors (Lipinski definition) is 3. The first-order valence-electron chi connectivity index (χ1n) is 8.94. The zero-order valence-electron chi connectivity index (χ0n) is 15.8. The Morgan fingerprint density at radius 2 is 1.86 bits per heavy atom. The van der Waals surface area contributed by atoms with Gasteiger partial charge < -0.3 is 19.5 Å². The van der Waals surface area contributed by atoms with Gasteiger partial charge in [0.05, 0.1) is 23.6 Å². The number of hydrogen-bond acceptors (Lipinski definition) is 3. The first kappa shape index (κ1) is 21.3. The fourth-order valence-electron chi connectivity index (χ4n) is 3.21. The molecule has 1 aromatic heterocycles. The summed E-state index contributed by atoms with van der Waals surface area (Å²) in [5, 5.41) is 12.8. The lowest BCUT2D eigenvalue weighted by Gasteiger charge is -2.10. The van der Waals surface area contributed by atoms with Crippen molar-refractivity contribution in [3.8, 4) is 11.3 Å². The number of nitrogens with zero attached hydrogens (tertiary/aromatic N) is 1. The normalized spacial score (nSPS) is 12.0. The summed E-state index contributed by atoms with van der Waals surface area (Å²) in [6.45, 7) is 2.11. The molecule has 2 aromatic carbocycles. The molecular weight excluding hydrogens is 412 g/mol. The highest BCUT2D eigenvalue weighted by Gasteiger charge is 2.20. The zero-order chi connectivity index (χ0) is 21.0. The Balaban J connectivity index is 1.90. The van der Waals surface area contributed by atoms with Gasteiger partial charge in [0.25, 0.3) is 5.91 Å². The summed E-state index contributed by atoms with van der Waals surface area (Å²) in [5.41, 5.74) is 4.10. The number of carbonyl (C=O) groups excluding carboxylic acids is 1. The molecule has 0 bridgehead atoms. The summed E-state index contributed by atoms with van der Waals surface area (Å²) in [4.78, 5) is 12.9. The summed E-state index contributed by atoms with van der Waals surface area (Å²) < 4.78 is 21.7. The van der Waals surface area contributed by atoms with Crippen molar-refractivity contribution in [3.05, 3.63) is 76.4 Å². The van der Waals surface area contributed by atoms with E-state index in [-0.39, 0.29) is 18.3 Å². The van der Waals surface area contributed by atoms with Crippen molar-refractivity contribution < 1.29 is 18.7 Å². The van der Waals surface area contributed by atoms with E-state index in [4.69, 9.17) is 16.2 Å². The Labute approximate surface area is 176 Å². The lowest BCUT2D eigenvalue weighted by molar-refractivity contribution is 0.102. The third kappa shape index (κ3) is 4.94. The number of anilines is 1. The van der Waals surface area contributed by atoms with Crippen LogP contribution in [-0.2, 0) is 23.4 Å². The van der Waals surface area contributed by atoms with Crippen molar-refractivity contribution in [2.24, 2.45) is 0 Å². The van der Waals surface area contributed by atoms with E-state index < -0.39 is 11.1 Å². The number of rotatable bonds is 7. The second-order valence-corrected chi connectivity index (χ2v) is 7.87. The average molecular weight is 433 g/mol. The molecule has 3 aromatic rings. The quantitative estimate of drug-likeness (QED) is 0.490. The minimum Gasteiger partial charge on any atom is -0.395 e. The minimum absolute atomic E-state index is 0.0402. The minimum atomic E-state index is -1.91. The lowest BCUT2D eigenvalue weighted by atomic mass is 10.1. The fraction of sp³-hybridized carbons (Fsp3) is 0.190. The van der Waals surface area contributed by atoms with Gasteiger partial charge in [-0.2, -0.15) is 0 Å². The molecule has 0 aliphatic heterocycles. The SMILES string of the molecule is Cc1c(C(=O)Nc2ccc(CS(=O)O)cc2)cn(CCO)c1-c1ccccc1Cl. The molecule has 3 rings (SSSR count). The molecule has 1 unspecified atom stereocenters. The van der Waals surface area contributed by atoms with Crippen LogP contribution in [0.15, 0.2) is 54.7 Å². The third-order valence-corrected chi connectivity index (χ3v) is 5.46. The number of benzene rings is 2. The molecular formula is C21H21ClN2O4S. The summed E-state index contributed by atoms with van der Waals surface area (Å²) in [5.74, 6) is -0.246. The molecule has 29 heavy (non-hydrogen) atoms. The fourth-order valence-corrected chi connectivity index (χ4v) is 3.91. The topological polar surface area (TPSA) is 91.6 Å². The van der Waals surface area contributed by atoms with Crippen molar-refractivity contribution in [1.29, 1.82) is 0 Å². The molecule has 0 fully saturated rings. The van der Waals surface area contributed by atoms with Gasteiger partial charge in [-0.1, -0.05) is 41.9 Å². The zero-order valence-corrected chi connectivity index (χ0v) is 17.3. The van der Waals surface area contributed by atoms with Crippen LogP contribution in [0.1, 0.15) is 21.5 Å². The Morgan fingerprint density at radius 3 is 2.48 bits per heavy atom.